The molecule has 0 bridgehead atoms. The molecule has 0 saturated carbocycles. The molecule has 5 nitrogen and oxygen atoms in total. The van der Waals surface area contributed by atoms with E-state index < -0.39 is 0 Å². The number of nitrogens with zero attached hydrogens (tertiary/aromatic N) is 3. The maximum atomic E-state index is 12.3. The number of aromatic nitrogens is 2. The third-order valence-electron chi connectivity index (χ3n) is 6.17. The maximum Gasteiger partial charge on any atom is 0.251 e. The lowest BCUT2D eigenvalue weighted by atomic mass is 9.97. The Bertz CT molecular complexity index is 1220. The number of amides is 1. The molecule has 0 aliphatic carbocycles. The molecule has 2 heterocycles. The van der Waals surface area contributed by atoms with Crippen LogP contribution in [0.3, 0.4) is 0 Å². The van der Waals surface area contributed by atoms with E-state index >= 15 is 0 Å². The third kappa shape index (κ3) is 4.47. The largest absolute Gasteiger partial charge is 0.352 e. The first-order valence-corrected chi connectivity index (χ1v) is 11.2. The van der Waals surface area contributed by atoms with Crippen LogP contribution in [0.5, 0.6) is 0 Å². The van der Waals surface area contributed by atoms with Gasteiger partial charge >= 0.3 is 0 Å². The highest BCUT2D eigenvalue weighted by molar-refractivity contribution is 5.94. The summed E-state index contributed by atoms with van der Waals surface area (Å²) >= 11 is 0. The van der Waals surface area contributed by atoms with E-state index in [-0.39, 0.29) is 5.91 Å². The third-order valence-corrected chi connectivity index (χ3v) is 6.17. The molecule has 1 aromatic heterocycles. The van der Waals surface area contributed by atoms with Crippen LogP contribution >= 0.6 is 0 Å². The van der Waals surface area contributed by atoms with E-state index in [0.717, 1.165) is 43.1 Å². The van der Waals surface area contributed by atoms with Crippen molar-refractivity contribution in [3.05, 3.63) is 90.6 Å². The van der Waals surface area contributed by atoms with Crippen molar-refractivity contribution in [3.63, 3.8) is 0 Å². The molecule has 1 N–H and O–H groups in total. The first kappa shape index (κ1) is 20.2. The average Bonchev–Trinajstić information content (AvgIpc) is 2.88. The van der Waals surface area contributed by atoms with Crippen molar-refractivity contribution in [3.8, 4) is 11.3 Å². The Morgan fingerprint density at radius 3 is 2.47 bits per heavy atom. The summed E-state index contributed by atoms with van der Waals surface area (Å²) in [5.74, 6) is 1.25. The number of hydrogen-bond donors (Lipinski definition) is 1. The molecule has 5 rings (SSSR count). The summed E-state index contributed by atoms with van der Waals surface area (Å²) in [5.41, 5.74) is 2.76. The molecule has 1 amide bonds. The van der Waals surface area contributed by atoms with Gasteiger partial charge < -0.3 is 10.2 Å². The summed E-state index contributed by atoms with van der Waals surface area (Å²) in [6.07, 6.45) is 3.87. The smallest absolute Gasteiger partial charge is 0.251 e. The number of benzene rings is 3. The number of carbonyl (C=O) groups is 1. The van der Waals surface area contributed by atoms with Gasteiger partial charge in [-0.25, -0.2) is 9.97 Å². The second kappa shape index (κ2) is 9.18. The number of carbonyl (C=O) groups excluding carboxylic acids is 1. The van der Waals surface area contributed by atoms with Gasteiger partial charge in [0.15, 0.2) is 0 Å². The van der Waals surface area contributed by atoms with Crippen molar-refractivity contribution in [1.82, 2.24) is 15.3 Å². The van der Waals surface area contributed by atoms with Crippen molar-refractivity contribution >= 4 is 22.6 Å². The molecule has 1 saturated heterocycles. The first-order valence-electron chi connectivity index (χ1n) is 11.2. The highest BCUT2D eigenvalue weighted by Crippen LogP contribution is 2.26. The summed E-state index contributed by atoms with van der Waals surface area (Å²) < 4.78 is 0. The Morgan fingerprint density at radius 1 is 0.906 bits per heavy atom. The molecule has 1 aliphatic heterocycles. The topological polar surface area (TPSA) is 58.1 Å². The Morgan fingerprint density at radius 2 is 1.66 bits per heavy atom. The second-order valence-corrected chi connectivity index (χ2v) is 8.31. The average molecular weight is 423 g/mol. The van der Waals surface area contributed by atoms with E-state index in [1.54, 1.807) is 0 Å². The van der Waals surface area contributed by atoms with E-state index in [9.17, 15) is 4.79 Å². The van der Waals surface area contributed by atoms with Gasteiger partial charge in [-0.3, -0.25) is 4.79 Å². The van der Waals surface area contributed by atoms with Crippen LogP contribution in [-0.4, -0.2) is 35.5 Å². The fraction of sp³-hybridized carbons (Fsp3) is 0.222. The van der Waals surface area contributed by atoms with E-state index in [0.29, 0.717) is 18.0 Å². The number of hydrogen-bond acceptors (Lipinski definition) is 4. The van der Waals surface area contributed by atoms with Crippen LogP contribution in [0.15, 0.2) is 85.1 Å². The molecule has 5 heteroatoms. The van der Waals surface area contributed by atoms with Gasteiger partial charge in [-0.1, -0.05) is 54.6 Å². The predicted molar refractivity (Wildman–Crippen MR) is 129 cm³/mol. The van der Waals surface area contributed by atoms with E-state index in [1.165, 1.54) is 10.8 Å². The molecule has 3 aromatic carbocycles. The van der Waals surface area contributed by atoms with Crippen molar-refractivity contribution in [1.29, 1.82) is 0 Å². The minimum Gasteiger partial charge on any atom is -0.352 e. The van der Waals surface area contributed by atoms with Gasteiger partial charge in [0.25, 0.3) is 5.91 Å². The Labute approximate surface area is 188 Å². The minimum atomic E-state index is -0.000510. The molecule has 0 unspecified atom stereocenters. The summed E-state index contributed by atoms with van der Waals surface area (Å²) in [4.78, 5) is 23.9. The summed E-state index contributed by atoms with van der Waals surface area (Å²) in [5, 5.41) is 5.52. The normalized spacial score (nSPS) is 14.4. The van der Waals surface area contributed by atoms with Gasteiger partial charge in [0.1, 0.15) is 0 Å². The monoisotopic (exact) mass is 422 g/mol. The number of nitrogens with one attached hydrogen (secondary N) is 1. The highest BCUT2D eigenvalue weighted by atomic mass is 16.1. The van der Waals surface area contributed by atoms with Gasteiger partial charge in [0.05, 0.1) is 5.69 Å². The fourth-order valence-corrected chi connectivity index (χ4v) is 4.28. The van der Waals surface area contributed by atoms with E-state index in [4.69, 9.17) is 4.98 Å². The molecular weight excluding hydrogens is 396 g/mol. The molecule has 0 atom stereocenters. The van der Waals surface area contributed by atoms with Gasteiger partial charge in [-0.15, -0.1) is 0 Å². The van der Waals surface area contributed by atoms with Crippen molar-refractivity contribution in [2.75, 3.05) is 24.5 Å². The highest BCUT2D eigenvalue weighted by Gasteiger charge is 2.22. The van der Waals surface area contributed by atoms with Crippen LogP contribution in [0.2, 0.25) is 0 Å². The van der Waals surface area contributed by atoms with Crippen LogP contribution in [0.1, 0.15) is 23.2 Å². The Balaban J connectivity index is 1.21. The Kier molecular flexibility index (Phi) is 5.79. The zero-order valence-corrected chi connectivity index (χ0v) is 17.9. The lowest BCUT2D eigenvalue weighted by Crippen LogP contribution is -2.39. The zero-order chi connectivity index (χ0) is 21.8. The number of anilines is 1. The van der Waals surface area contributed by atoms with Crippen molar-refractivity contribution in [2.45, 2.75) is 12.8 Å². The number of piperidine rings is 1. The molecule has 32 heavy (non-hydrogen) atoms. The van der Waals surface area contributed by atoms with Gasteiger partial charge in [0, 0.05) is 37.0 Å². The van der Waals surface area contributed by atoms with Crippen molar-refractivity contribution in [2.24, 2.45) is 5.92 Å². The minimum absolute atomic E-state index is 0.000510. The Hall–Kier alpha value is -3.73. The number of fused-ring (bicyclic) bond motifs is 1. The van der Waals surface area contributed by atoms with E-state index in [1.807, 2.05) is 42.6 Å². The predicted octanol–water partition coefficient (Wildman–Crippen LogP) is 4.94. The standard InChI is InChI=1S/C27H26N4O/c32-26(22-7-2-1-3-8-22)29-19-20-13-16-31(17-14-20)27-28-15-12-25(30-27)24-11-10-21-6-4-5-9-23(21)18-24/h1-12,15,18,20H,13-14,16-17,19H2,(H,29,32). The van der Waals surface area contributed by atoms with Gasteiger partial charge in [-0.05, 0) is 53.8 Å². The molecule has 1 fully saturated rings. The summed E-state index contributed by atoms with van der Waals surface area (Å²) in [6, 6.07) is 26.2. The lowest BCUT2D eigenvalue weighted by molar-refractivity contribution is 0.0945. The summed E-state index contributed by atoms with van der Waals surface area (Å²) in [6.45, 7) is 2.50. The van der Waals surface area contributed by atoms with Crippen LogP contribution in [0.25, 0.3) is 22.0 Å². The fourth-order valence-electron chi connectivity index (χ4n) is 4.28. The molecule has 0 spiro atoms. The zero-order valence-electron chi connectivity index (χ0n) is 17.9. The summed E-state index contributed by atoms with van der Waals surface area (Å²) in [7, 11) is 0. The maximum absolute atomic E-state index is 12.3. The van der Waals surface area contributed by atoms with E-state index in [2.05, 4.69) is 57.7 Å². The lowest BCUT2D eigenvalue weighted by Gasteiger charge is -2.32. The van der Waals surface area contributed by atoms with Crippen LogP contribution < -0.4 is 10.2 Å². The molecule has 0 radical (unpaired) electrons. The molecule has 160 valence electrons. The van der Waals surface area contributed by atoms with Crippen LogP contribution in [0, 0.1) is 5.92 Å². The van der Waals surface area contributed by atoms with Crippen LogP contribution in [-0.2, 0) is 0 Å². The van der Waals surface area contributed by atoms with Gasteiger partial charge in [0.2, 0.25) is 5.95 Å². The second-order valence-electron chi connectivity index (χ2n) is 8.31. The SMILES string of the molecule is O=C(NCC1CCN(c2nccc(-c3ccc4ccccc4c3)n2)CC1)c1ccccc1. The number of rotatable bonds is 5. The molecule has 1 aliphatic rings. The quantitative estimate of drug-likeness (QED) is 0.495. The molecule has 4 aromatic rings. The molecular formula is C27H26N4O. The van der Waals surface area contributed by atoms with Crippen LogP contribution in [0.4, 0.5) is 5.95 Å². The van der Waals surface area contributed by atoms with Gasteiger partial charge in [-0.2, -0.15) is 0 Å². The first-order chi connectivity index (χ1) is 15.8. The van der Waals surface area contributed by atoms with Crippen molar-refractivity contribution < 1.29 is 4.79 Å².